The lowest BCUT2D eigenvalue weighted by molar-refractivity contribution is -0.128. The Hall–Kier alpha value is -0.270. The Bertz CT molecular complexity index is 370. The molecule has 1 amide bonds. The van der Waals surface area contributed by atoms with Gasteiger partial charge in [0.05, 0.1) is 17.3 Å². The number of hydrogen-bond acceptors (Lipinski definition) is 5. The van der Waals surface area contributed by atoms with Crippen molar-refractivity contribution in [3.05, 3.63) is 0 Å². The molecular weight excluding hydrogens is 260 g/mol. The summed E-state index contributed by atoms with van der Waals surface area (Å²) in [6, 6.07) is -0.152. The van der Waals surface area contributed by atoms with Crippen LogP contribution in [-0.2, 0) is 14.6 Å². The normalized spacial score (nSPS) is 24.5. The third-order valence-corrected chi connectivity index (χ3v) is 5.90. The van der Waals surface area contributed by atoms with E-state index in [0.29, 0.717) is 18.7 Å². The van der Waals surface area contributed by atoms with E-state index in [2.05, 4.69) is 0 Å². The first-order chi connectivity index (χ1) is 7.85. The van der Waals surface area contributed by atoms with Crippen LogP contribution in [0.5, 0.6) is 0 Å². The van der Waals surface area contributed by atoms with Crippen molar-refractivity contribution in [2.24, 2.45) is 5.73 Å². The molecule has 0 aromatic carbocycles. The van der Waals surface area contributed by atoms with Gasteiger partial charge in [-0.1, -0.05) is 6.92 Å². The van der Waals surface area contributed by atoms with Crippen LogP contribution in [0, 0.1) is 0 Å². The number of carbonyl (C=O) groups is 1. The topological polar surface area (TPSA) is 80.5 Å². The minimum absolute atomic E-state index is 0.0163. The predicted octanol–water partition coefficient (Wildman–Crippen LogP) is -0.288. The first-order valence-electron chi connectivity index (χ1n) is 5.63. The zero-order valence-electron chi connectivity index (χ0n) is 10.3. The van der Waals surface area contributed by atoms with Gasteiger partial charge in [-0.3, -0.25) is 4.79 Å². The summed E-state index contributed by atoms with van der Waals surface area (Å²) in [4.78, 5) is 13.4. The molecule has 2 N–H and O–H groups in total. The summed E-state index contributed by atoms with van der Waals surface area (Å²) in [7, 11) is -1.25. The summed E-state index contributed by atoms with van der Waals surface area (Å²) in [6.07, 6.45) is 0.557. The monoisotopic (exact) mass is 280 g/mol. The molecule has 0 radical (unpaired) electrons. The number of amides is 1. The predicted molar refractivity (Wildman–Crippen MR) is 70.8 cm³/mol. The van der Waals surface area contributed by atoms with E-state index in [0.717, 1.165) is 0 Å². The Kier molecular flexibility index (Phi) is 5.27. The average molecular weight is 280 g/mol. The molecule has 1 heterocycles. The number of hydrogen-bond donors (Lipinski definition) is 1. The van der Waals surface area contributed by atoms with E-state index in [9.17, 15) is 13.2 Å². The molecule has 1 aliphatic rings. The van der Waals surface area contributed by atoms with Gasteiger partial charge in [0.25, 0.3) is 0 Å². The van der Waals surface area contributed by atoms with Crippen molar-refractivity contribution in [2.45, 2.75) is 24.6 Å². The van der Waals surface area contributed by atoms with E-state index in [-0.39, 0.29) is 28.7 Å². The van der Waals surface area contributed by atoms with Gasteiger partial charge in [0.1, 0.15) is 0 Å². The molecule has 0 aliphatic carbocycles. The van der Waals surface area contributed by atoms with Crippen LogP contribution >= 0.6 is 11.8 Å². The molecule has 2 unspecified atom stereocenters. The molecule has 0 bridgehead atoms. The van der Waals surface area contributed by atoms with E-state index in [4.69, 9.17) is 5.73 Å². The van der Waals surface area contributed by atoms with E-state index in [1.807, 2.05) is 6.92 Å². The van der Waals surface area contributed by atoms with Crippen molar-refractivity contribution in [2.75, 3.05) is 30.9 Å². The second-order valence-electron chi connectivity index (χ2n) is 4.42. The summed E-state index contributed by atoms with van der Waals surface area (Å²) in [5, 5.41) is 0.250. The fourth-order valence-corrected chi connectivity index (χ4v) is 4.21. The zero-order chi connectivity index (χ0) is 13.1. The average Bonchev–Trinajstić information content (AvgIpc) is 2.64. The number of rotatable bonds is 5. The molecule has 0 saturated carbocycles. The molecule has 100 valence electrons. The molecule has 1 rings (SSSR count). The Morgan fingerprint density at radius 1 is 1.59 bits per heavy atom. The summed E-state index contributed by atoms with van der Waals surface area (Å²) < 4.78 is 22.6. The second kappa shape index (κ2) is 6.06. The Morgan fingerprint density at radius 2 is 2.24 bits per heavy atom. The molecule has 0 aromatic rings. The highest BCUT2D eigenvalue weighted by Gasteiger charge is 2.32. The van der Waals surface area contributed by atoms with Crippen molar-refractivity contribution in [1.82, 2.24) is 4.90 Å². The Balaban J connectivity index is 2.42. The zero-order valence-corrected chi connectivity index (χ0v) is 11.9. The Labute approximate surface area is 107 Å². The minimum Gasteiger partial charge on any atom is -0.341 e. The fraction of sp³-hybridized carbons (Fsp3) is 0.900. The molecule has 1 fully saturated rings. The van der Waals surface area contributed by atoms with Crippen molar-refractivity contribution in [3.63, 3.8) is 0 Å². The third-order valence-electron chi connectivity index (χ3n) is 2.97. The SMILES string of the molecule is CC(CN)SCC(=O)N(C)C1CCS(=O)(=O)C1. The van der Waals surface area contributed by atoms with Crippen molar-refractivity contribution in [3.8, 4) is 0 Å². The highest BCUT2D eigenvalue weighted by atomic mass is 32.2. The van der Waals surface area contributed by atoms with Crippen LogP contribution in [0.3, 0.4) is 0 Å². The third kappa shape index (κ3) is 4.48. The van der Waals surface area contributed by atoms with Gasteiger partial charge in [-0.2, -0.15) is 0 Å². The smallest absolute Gasteiger partial charge is 0.232 e. The summed E-state index contributed by atoms with van der Waals surface area (Å²) in [5.41, 5.74) is 5.47. The number of carbonyl (C=O) groups excluding carboxylic acids is 1. The maximum absolute atomic E-state index is 11.8. The molecule has 2 atom stereocenters. The van der Waals surface area contributed by atoms with Crippen molar-refractivity contribution >= 4 is 27.5 Å². The second-order valence-corrected chi connectivity index (χ2v) is 8.07. The number of nitrogens with zero attached hydrogens (tertiary/aromatic N) is 1. The van der Waals surface area contributed by atoms with Gasteiger partial charge < -0.3 is 10.6 Å². The lowest BCUT2D eigenvalue weighted by Crippen LogP contribution is -2.39. The highest BCUT2D eigenvalue weighted by molar-refractivity contribution is 8.00. The maximum atomic E-state index is 11.8. The van der Waals surface area contributed by atoms with E-state index in [1.165, 1.54) is 11.8 Å². The van der Waals surface area contributed by atoms with Gasteiger partial charge in [0.2, 0.25) is 5.91 Å². The van der Waals surface area contributed by atoms with Crippen LogP contribution in [0.1, 0.15) is 13.3 Å². The van der Waals surface area contributed by atoms with Crippen molar-refractivity contribution in [1.29, 1.82) is 0 Å². The number of nitrogens with two attached hydrogens (primary N) is 1. The molecular formula is C10H20N2O3S2. The maximum Gasteiger partial charge on any atom is 0.232 e. The largest absolute Gasteiger partial charge is 0.341 e. The van der Waals surface area contributed by atoms with Crippen LogP contribution < -0.4 is 5.73 Å². The molecule has 0 spiro atoms. The Morgan fingerprint density at radius 3 is 2.71 bits per heavy atom. The highest BCUT2D eigenvalue weighted by Crippen LogP contribution is 2.18. The van der Waals surface area contributed by atoms with Crippen LogP contribution in [0.15, 0.2) is 0 Å². The molecule has 7 heteroatoms. The molecule has 17 heavy (non-hydrogen) atoms. The first kappa shape index (κ1) is 14.8. The van der Waals surface area contributed by atoms with Gasteiger partial charge in [0, 0.05) is 24.9 Å². The number of sulfone groups is 1. The standard InChI is InChI=1S/C10H20N2O3S2/c1-8(5-11)16-6-10(13)12(2)9-3-4-17(14,15)7-9/h8-9H,3-7,11H2,1-2H3. The summed E-state index contributed by atoms with van der Waals surface area (Å²) in [6.45, 7) is 2.51. The van der Waals surface area contributed by atoms with Crippen LogP contribution in [0.4, 0.5) is 0 Å². The number of thioether (sulfide) groups is 1. The minimum atomic E-state index is -2.93. The van der Waals surface area contributed by atoms with Crippen LogP contribution in [0.25, 0.3) is 0 Å². The van der Waals surface area contributed by atoms with E-state index >= 15 is 0 Å². The summed E-state index contributed by atoms with van der Waals surface area (Å²) in [5.74, 6) is 0.650. The lowest BCUT2D eigenvalue weighted by atomic mass is 10.2. The first-order valence-corrected chi connectivity index (χ1v) is 8.50. The van der Waals surface area contributed by atoms with Crippen LogP contribution in [-0.4, -0.2) is 61.4 Å². The van der Waals surface area contributed by atoms with Gasteiger partial charge in [0.15, 0.2) is 9.84 Å². The van der Waals surface area contributed by atoms with Gasteiger partial charge >= 0.3 is 0 Å². The van der Waals surface area contributed by atoms with Gasteiger partial charge in [-0.25, -0.2) is 8.42 Å². The van der Waals surface area contributed by atoms with Crippen LogP contribution in [0.2, 0.25) is 0 Å². The van der Waals surface area contributed by atoms with E-state index in [1.54, 1.807) is 11.9 Å². The quantitative estimate of drug-likeness (QED) is 0.748. The van der Waals surface area contributed by atoms with Crippen molar-refractivity contribution < 1.29 is 13.2 Å². The lowest BCUT2D eigenvalue weighted by Gasteiger charge is -2.23. The molecule has 0 aromatic heterocycles. The van der Waals surface area contributed by atoms with E-state index < -0.39 is 9.84 Å². The molecule has 5 nitrogen and oxygen atoms in total. The molecule has 1 saturated heterocycles. The molecule has 1 aliphatic heterocycles. The van der Waals surface area contributed by atoms with Gasteiger partial charge in [-0.05, 0) is 6.42 Å². The summed E-state index contributed by atoms with van der Waals surface area (Å²) >= 11 is 1.51. The fourth-order valence-electron chi connectivity index (χ4n) is 1.67. The van der Waals surface area contributed by atoms with Gasteiger partial charge in [-0.15, -0.1) is 11.8 Å².